The molecule has 0 atom stereocenters. The molecule has 3 rings (SSSR count). The SMILES string of the molecule is NNC(=O)c1c(-c2ccccc2)ccc2ccccc12. The number of carbonyl (C=O) groups is 1. The highest BCUT2D eigenvalue weighted by Gasteiger charge is 2.15. The predicted molar refractivity (Wildman–Crippen MR) is 81.0 cm³/mol. The second kappa shape index (κ2) is 5.15. The number of nitrogen functional groups attached to an aromatic ring is 1. The second-order valence-electron chi connectivity index (χ2n) is 4.55. The van der Waals surface area contributed by atoms with Gasteiger partial charge in [-0.1, -0.05) is 66.7 Å². The zero-order valence-corrected chi connectivity index (χ0v) is 10.8. The van der Waals surface area contributed by atoms with Crippen molar-refractivity contribution in [1.29, 1.82) is 0 Å². The molecular weight excluding hydrogens is 248 g/mol. The summed E-state index contributed by atoms with van der Waals surface area (Å²) in [6.45, 7) is 0. The maximum atomic E-state index is 12.2. The molecule has 0 aliphatic heterocycles. The third-order valence-electron chi connectivity index (χ3n) is 3.37. The van der Waals surface area contributed by atoms with Gasteiger partial charge in [-0.15, -0.1) is 0 Å². The highest BCUT2D eigenvalue weighted by atomic mass is 16.2. The Morgan fingerprint density at radius 3 is 2.30 bits per heavy atom. The van der Waals surface area contributed by atoms with E-state index < -0.39 is 0 Å². The minimum absolute atomic E-state index is 0.277. The second-order valence-corrected chi connectivity index (χ2v) is 4.55. The third kappa shape index (κ3) is 2.04. The van der Waals surface area contributed by atoms with E-state index in [9.17, 15) is 4.79 Å². The molecule has 0 saturated carbocycles. The molecule has 1 amide bonds. The van der Waals surface area contributed by atoms with Crippen LogP contribution in [0.25, 0.3) is 21.9 Å². The van der Waals surface area contributed by atoms with Gasteiger partial charge < -0.3 is 0 Å². The van der Waals surface area contributed by atoms with Crippen LogP contribution in [0, 0.1) is 0 Å². The molecule has 0 aromatic heterocycles. The molecule has 3 heteroatoms. The van der Waals surface area contributed by atoms with Crippen LogP contribution in [0.2, 0.25) is 0 Å². The van der Waals surface area contributed by atoms with Gasteiger partial charge in [0.25, 0.3) is 5.91 Å². The average molecular weight is 262 g/mol. The molecule has 0 radical (unpaired) electrons. The van der Waals surface area contributed by atoms with E-state index in [1.165, 1.54) is 0 Å². The molecule has 98 valence electrons. The molecule has 3 N–H and O–H groups in total. The van der Waals surface area contributed by atoms with Gasteiger partial charge in [0, 0.05) is 0 Å². The molecule has 0 heterocycles. The van der Waals surface area contributed by atoms with Crippen LogP contribution in [0.3, 0.4) is 0 Å². The molecule has 0 aliphatic carbocycles. The highest BCUT2D eigenvalue weighted by molar-refractivity contribution is 6.12. The predicted octanol–water partition coefficient (Wildman–Crippen LogP) is 3.11. The molecule has 3 aromatic rings. The lowest BCUT2D eigenvalue weighted by Gasteiger charge is -2.12. The van der Waals surface area contributed by atoms with Crippen molar-refractivity contribution in [3.8, 4) is 11.1 Å². The fraction of sp³-hybridized carbons (Fsp3) is 0. The van der Waals surface area contributed by atoms with Gasteiger partial charge in [0.05, 0.1) is 5.56 Å². The van der Waals surface area contributed by atoms with E-state index in [-0.39, 0.29) is 5.91 Å². The molecule has 0 saturated heterocycles. The largest absolute Gasteiger partial charge is 0.290 e. The Balaban J connectivity index is 2.35. The number of amides is 1. The van der Waals surface area contributed by atoms with Gasteiger partial charge in [-0.3, -0.25) is 10.2 Å². The Morgan fingerprint density at radius 1 is 0.850 bits per heavy atom. The Morgan fingerprint density at radius 2 is 1.55 bits per heavy atom. The highest BCUT2D eigenvalue weighted by Crippen LogP contribution is 2.30. The van der Waals surface area contributed by atoms with Gasteiger partial charge in [-0.2, -0.15) is 0 Å². The maximum absolute atomic E-state index is 12.2. The third-order valence-corrected chi connectivity index (χ3v) is 3.37. The van der Waals surface area contributed by atoms with Crippen molar-refractivity contribution in [3.63, 3.8) is 0 Å². The van der Waals surface area contributed by atoms with Crippen LogP contribution in [0.5, 0.6) is 0 Å². The number of hydrogen-bond acceptors (Lipinski definition) is 2. The zero-order valence-electron chi connectivity index (χ0n) is 10.8. The lowest BCUT2D eigenvalue weighted by atomic mass is 9.94. The lowest BCUT2D eigenvalue weighted by molar-refractivity contribution is 0.0956. The summed E-state index contributed by atoms with van der Waals surface area (Å²) in [4.78, 5) is 12.2. The van der Waals surface area contributed by atoms with Crippen molar-refractivity contribution < 1.29 is 4.79 Å². The lowest BCUT2D eigenvalue weighted by Crippen LogP contribution is -2.30. The van der Waals surface area contributed by atoms with Gasteiger partial charge in [0.2, 0.25) is 0 Å². The first kappa shape index (κ1) is 12.4. The normalized spacial score (nSPS) is 10.4. The monoisotopic (exact) mass is 262 g/mol. The van der Waals surface area contributed by atoms with Gasteiger partial charge in [-0.25, -0.2) is 5.84 Å². The zero-order chi connectivity index (χ0) is 13.9. The molecule has 20 heavy (non-hydrogen) atoms. The van der Waals surface area contributed by atoms with E-state index in [0.717, 1.165) is 21.9 Å². The topological polar surface area (TPSA) is 55.1 Å². The molecule has 0 bridgehead atoms. The molecule has 0 spiro atoms. The minimum atomic E-state index is -0.277. The van der Waals surface area contributed by atoms with Crippen molar-refractivity contribution in [3.05, 3.63) is 72.3 Å². The van der Waals surface area contributed by atoms with Crippen LogP contribution < -0.4 is 11.3 Å². The first-order valence-corrected chi connectivity index (χ1v) is 6.39. The summed E-state index contributed by atoms with van der Waals surface area (Å²) in [5.74, 6) is 5.07. The molecule has 0 unspecified atom stereocenters. The molecule has 3 aromatic carbocycles. The molecular formula is C17H14N2O. The summed E-state index contributed by atoms with van der Waals surface area (Å²) < 4.78 is 0. The maximum Gasteiger partial charge on any atom is 0.266 e. The van der Waals surface area contributed by atoms with E-state index in [1.54, 1.807) is 0 Å². The van der Waals surface area contributed by atoms with Crippen molar-refractivity contribution in [2.24, 2.45) is 5.84 Å². The van der Waals surface area contributed by atoms with Crippen molar-refractivity contribution in [2.75, 3.05) is 0 Å². The van der Waals surface area contributed by atoms with Crippen LogP contribution in [0.1, 0.15) is 10.4 Å². The van der Waals surface area contributed by atoms with E-state index >= 15 is 0 Å². The quantitative estimate of drug-likeness (QED) is 0.423. The van der Waals surface area contributed by atoms with Crippen molar-refractivity contribution in [2.45, 2.75) is 0 Å². The van der Waals surface area contributed by atoms with E-state index in [4.69, 9.17) is 5.84 Å². The molecule has 0 fully saturated rings. The Kier molecular flexibility index (Phi) is 3.19. The first-order chi connectivity index (χ1) is 9.81. The van der Waals surface area contributed by atoms with Crippen LogP contribution in [0.15, 0.2) is 66.7 Å². The number of carbonyl (C=O) groups excluding carboxylic acids is 1. The van der Waals surface area contributed by atoms with Crippen LogP contribution in [-0.2, 0) is 0 Å². The number of hydrogen-bond donors (Lipinski definition) is 2. The van der Waals surface area contributed by atoms with Gasteiger partial charge >= 0.3 is 0 Å². The summed E-state index contributed by atoms with van der Waals surface area (Å²) >= 11 is 0. The number of nitrogens with one attached hydrogen (secondary N) is 1. The summed E-state index contributed by atoms with van der Waals surface area (Å²) in [5, 5.41) is 1.92. The Bertz CT molecular complexity index is 766. The minimum Gasteiger partial charge on any atom is -0.290 e. The molecule has 3 nitrogen and oxygen atoms in total. The fourth-order valence-corrected chi connectivity index (χ4v) is 2.45. The Hall–Kier alpha value is -2.65. The van der Waals surface area contributed by atoms with Crippen LogP contribution in [0.4, 0.5) is 0 Å². The van der Waals surface area contributed by atoms with Crippen molar-refractivity contribution in [1.82, 2.24) is 5.43 Å². The number of hydrazine groups is 1. The van der Waals surface area contributed by atoms with E-state index in [1.807, 2.05) is 66.7 Å². The van der Waals surface area contributed by atoms with Crippen LogP contribution in [-0.4, -0.2) is 5.91 Å². The van der Waals surface area contributed by atoms with Gasteiger partial charge in [0.15, 0.2) is 0 Å². The summed E-state index contributed by atoms with van der Waals surface area (Å²) in [6.07, 6.45) is 0. The summed E-state index contributed by atoms with van der Waals surface area (Å²) in [5.41, 5.74) is 4.73. The summed E-state index contributed by atoms with van der Waals surface area (Å²) in [6, 6.07) is 21.6. The summed E-state index contributed by atoms with van der Waals surface area (Å²) in [7, 11) is 0. The number of nitrogens with two attached hydrogens (primary N) is 1. The number of rotatable bonds is 2. The van der Waals surface area contributed by atoms with Crippen molar-refractivity contribution >= 4 is 16.7 Å². The average Bonchev–Trinajstić information content (AvgIpc) is 2.54. The number of fused-ring (bicyclic) bond motifs is 1. The number of benzene rings is 3. The van der Waals surface area contributed by atoms with E-state index in [0.29, 0.717) is 5.56 Å². The standard InChI is InChI=1S/C17H14N2O/c18-19-17(20)16-14-9-5-4-8-13(14)10-11-15(16)12-6-2-1-3-7-12/h1-11H,18H2,(H,19,20). The Labute approximate surface area is 117 Å². The fourth-order valence-electron chi connectivity index (χ4n) is 2.45. The molecule has 0 aliphatic rings. The van der Waals surface area contributed by atoms with Gasteiger partial charge in [0.1, 0.15) is 0 Å². The smallest absolute Gasteiger partial charge is 0.266 e. The first-order valence-electron chi connectivity index (χ1n) is 6.39. The van der Waals surface area contributed by atoms with Crippen LogP contribution >= 0.6 is 0 Å². The van der Waals surface area contributed by atoms with Gasteiger partial charge in [-0.05, 0) is 21.9 Å². The van der Waals surface area contributed by atoms with E-state index in [2.05, 4.69) is 5.43 Å².